The summed E-state index contributed by atoms with van der Waals surface area (Å²) in [6.07, 6.45) is 0. The van der Waals surface area contributed by atoms with Gasteiger partial charge in [-0.15, -0.1) is 0 Å². The lowest BCUT2D eigenvalue weighted by molar-refractivity contribution is 0.103. The van der Waals surface area contributed by atoms with Crippen LogP contribution in [0.15, 0.2) is 182 Å². The number of carbonyl (C=O) groups is 3. The molecule has 3 nitrogen and oxygen atoms in total. The maximum Gasteiger partial charge on any atom is 0.193 e. The van der Waals surface area contributed by atoms with Crippen LogP contribution in [0.2, 0.25) is 0 Å². The van der Waals surface area contributed by atoms with E-state index in [2.05, 4.69) is 0 Å². The smallest absolute Gasteiger partial charge is 0.193 e. The van der Waals surface area contributed by atoms with E-state index in [9.17, 15) is 14.4 Å². The Kier molecular flexibility index (Phi) is 8.50. The molecule has 0 fully saturated rings. The van der Waals surface area contributed by atoms with E-state index in [1.165, 1.54) is 0 Å². The molecule has 0 heterocycles. The lowest BCUT2D eigenvalue weighted by atomic mass is 9.91. The lowest BCUT2D eigenvalue weighted by Crippen LogP contribution is -2.10. The highest BCUT2D eigenvalue weighted by Crippen LogP contribution is 2.26. The topological polar surface area (TPSA) is 51.2 Å². The van der Waals surface area contributed by atoms with E-state index >= 15 is 0 Å². The average Bonchev–Trinajstić information content (AvgIpc) is 3.18. The summed E-state index contributed by atoms with van der Waals surface area (Å²) in [6, 6.07) is 56.7. The van der Waals surface area contributed by atoms with Crippen molar-refractivity contribution < 1.29 is 14.4 Å². The first-order valence-corrected chi connectivity index (χ1v) is 15.8. The fourth-order valence-corrected chi connectivity index (χ4v) is 5.85. The van der Waals surface area contributed by atoms with Crippen molar-refractivity contribution >= 4 is 17.3 Å². The van der Waals surface area contributed by atoms with Gasteiger partial charge in [0, 0.05) is 33.4 Å². The molecule has 0 aromatic heterocycles. The number of hydrogen-bond acceptors (Lipinski definition) is 3. The second kappa shape index (κ2) is 13.5. The molecule has 0 atom stereocenters. The molecule has 7 rings (SSSR count). The number of ketones is 3. The fourth-order valence-electron chi connectivity index (χ4n) is 5.85. The zero-order valence-electron chi connectivity index (χ0n) is 26.0. The van der Waals surface area contributed by atoms with Gasteiger partial charge in [0.15, 0.2) is 17.3 Å². The molecule has 228 valence electrons. The summed E-state index contributed by atoms with van der Waals surface area (Å²) < 4.78 is 0. The van der Waals surface area contributed by atoms with Gasteiger partial charge >= 0.3 is 0 Å². The molecule has 7 aromatic rings. The Morgan fingerprint density at radius 1 is 0.229 bits per heavy atom. The Hall–Kier alpha value is -6.45. The predicted molar refractivity (Wildman–Crippen MR) is 192 cm³/mol. The van der Waals surface area contributed by atoms with Gasteiger partial charge in [0.1, 0.15) is 0 Å². The second-order valence-electron chi connectivity index (χ2n) is 11.6. The Morgan fingerprint density at radius 2 is 0.438 bits per heavy atom. The van der Waals surface area contributed by atoms with Gasteiger partial charge in [0.05, 0.1) is 0 Å². The van der Waals surface area contributed by atoms with Crippen LogP contribution in [-0.4, -0.2) is 17.3 Å². The SMILES string of the molecule is O=C(c1ccc(-c2ccccc2)cc1)c1cc(C(=O)c2ccc(-c3ccccc3)cc2)cc(C(=O)c2ccc(-c3ccccc3)cc2)c1. The molecule has 0 aliphatic carbocycles. The van der Waals surface area contributed by atoms with Crippen molar-refractivity contribution in [3.8, 4) is 33.4 Å². The van der Waals surface area contributed by atoms with E-state index in [0.717, 1.165) is 33.4 Å². The van der Waals surface area contributed by atoms with E-state index in [1.807, 2.05) is 127 Å². The van der Waals surface area contributed by atoms with Gasteiger partial charge in [0.2, 0.25) is 0 Å². The van der Waals surface area contributed by atoms with Gasteiger partial charge in [-0.05, 0) is 51.6 Å². The highest BCUT2D eigenvalue weighted by Gasteiger charge is 2.20. The van der Waals surface area contributed by atoms with Gasteiger partial charge in [-0.2, -0.15) is 0 Å². The van der Waals surface area contributed by atoms with Crippen LogP contribution in [0, 0.1) is 0 Å². The molecule has 0 radical (unpaired) electrons. The van der Waals surface area contributed by atoms with Gasteiger partial charge in [-0.3, -0.25) is 14.4 Å². The van der Waals surface area contributed by atoms with Crippen LogP contribution in [-0.2, 0) is 0 Å². The minimum atomic E-state index is -0.267. The number of benzene rings is 7. The van der Waals surface area contributed by atoms with Gasteiger partial charge in [-0.25, -0.2) is 0 Å². The first-order valence-electron chi connectivity index (χ1n) is 15.8. The summed E-state index contributed by atoms with van der Waals surface area (Å²) in [5.74, 6) is -0.800. The molecule has 0 N–H and O–H groups in total. The largest absolute Gasteiger partial charge is 0.289 e. The van der Waals surface area contributed by atoms with Crippen LogP contribution >= 0.6 is 0 Å². The van der Waals surface area contributed by atoms with Gasteiger partial charge in [-0.1, -0.05) is 164 Å². The summed E-state index contributed by atoms with van der Waals surface area (Å²) >= 11 is 0. The Morgan fingerprint density at radius 3 is 0.667 bits per heavy atom. The minimum absolute atomic E-state index is 0.267. The van der Waals surface area contributed by atoms with Crippen molar-refractivity contribution in [2.24, 2.45) is 0 Å². The molecule has 48 heavy (non-hydrogen) atoms. The second-order valence-corrected chi connectivity index (χ2v) is 11.6. The van der Waals surface area contributed by atoms with Gasteiger partial charge in [0.25, 0.3) is 0 Å². The zero-order valence-corrected chi connectivity index (χ0v) is 26.0. The molecule has 0 saturated carbocycles. The van der Waals surface area contributed by atoms with E-state index in [1.54, 1.807) is 54.6 Å². The molecule has 0 amide bonds. The highest BCUT2D eigenvalue weighted by molar-refractivity contribution is 6.17. The molecule has 0 saturated heterocycles. The maximum absolute atomic E-state index is 13.9. The van der Waals surface area contributed by atoms with E-state index < -0.39 is 0 Å². The summed E-state index contributed by atoms with van der Waals surface area (Å²) in [7, 11) is 0. The summed E-state index contributed by atoms with van der Waals surface area (Å²) in [5.41, 5.74) is 8.36. The zero-order chi connectivity index (χ0) is 32.9. The Balaban J connectivity index is 1.24. The van der Waals surface area contributed by atoms with Crippen LogP contribution < -0.4 is 0 Å². The minimum Gasteiger partial charge on any atom is -0.289 e. The van der Waals surface area contributed by atoms with Gasteiger partial charge < -0.3 is 0 Å². The Labute approximate surface area is 279 Å². The summed E-state index contributed by atoms with van der Waals surface area (Å²) in [6.45, 7) is 0. The summed E-state index contributed by atoms with van der Waals surface area (Å²) in [4.78, 5) is 41.7. The molecule has 7 aromatic carbocycles. The van der Waals surface area contributed by atoms with Crippen LogP contribution in [0.4, 0.5) is 0 Å². The van der Waals surface area contributed by atoms with Crippen molar-refractivity contribution in [1.82, 2.24) is 0 Å². The molecule has 0 unspecified atom stereocenters. The van der Waals surface area contributed by atoms with Crippen molar-refractivity contribution in [2.75, 3.05) is 0 Å². The van der Waals surface area contributed by atoms with Crippen LogP contribution in [0.3, 0.4) is 0 Å². The molecule has 0 aliphatic rings. The molecular weight excluding hydrogens is 588 g/mol. The monoisotopic (exact) mass is 618 g/mol. The average molecular weight is 619 g/mol. The third kappa shape index (κ3) is 6.44. The highest BCUT2D eigenvalue weighted by atomic mass is 16.1. The van der Waals surface area contributed by atoms with E-state index in [4.69, 9.17) is 0 Å². The van der Waals surface area contributed by atoms with E-state index in [0.29, 0.717) is 16.7 Å². The number of rotatable bonds is 9. The normalized spacial score (nSPS) is 10.8. The van der Waals surface area contributed by atoms with Crippen LogP contribution in [0.1, 0.15) is 47.8 Å². The first-order chi connectivity index (χ1) is 23.5. The molecule has 3 heteroatoms. The number of hydrogen-bond donors (Lipinski definition) is 0. The number of carbonyl (C=O) groups excluding carboxylic acids is 3. The van der Waals surface area contributed by atoms with E-state index in [-0.39, 0.29) is 34.0 Å². The van der Waals surface area contributed by atoms with Crippen molar-refractivity contribution in [1.29, 1.82) is 0 Å². The standard InChI is InChI=1S/C45H30O3/c46-43(37-22-16-34(17-23-37)31-10-4-1-5-11-31)40-28-41(44(47)38-24-18-35(19-25-38)32-12-6-2-7-13-32)30-42(29-40)45(48)39-26-20-36(21-27-39)33-14-8-3-9-15-33/h1-30H. The molecule has 0 bridgehead atoms. The lowest BCUT2D eigenvalue weighted by Gasteiger charge is -2.11. The third-order valence-electron chi connectivity index (χ3n) is 8.48. The maximum atomic E-state index is 13.9. The first kappa shape index (κ1) is 30.2. The molecule has 0 spiro atoms. The predicted octanol–water partition coefficient (Wildman–Crippen LogP) is 10.4. The molecule has 0 aliphatic heterocycles. The van der Waals surface area contributed by atoms with Crippen molar-refractivity contribution in [2.45, 2.75) is 0 Å². The fraction of sp³-hybridized carbons (Fsp3) is 0. The van der Waals surface area contributed by atoms with Crippen LogP contribution in [0.25, 0.3) is 33.4 Å². The van der Waals surface area contributed by atoms with Crippen LogP contribution in [0.5, 0.6) is 0 Å². The third-order valence-corrected chi connectivity index (χ3v) is 8.48. The Bertz CT molecular complexity index is 1950. The molecular formula is C45H30O3. The summed E-state index contributed by atoms with van der Waals surface area (Å²) in [5, 5.41) is 0. The van der Waals surface area contributed by atoms with Crippen molar-refractivity contribution in [3.05, 3.63) is 215 Å². The van der Waals surface area contributed by atoms with Crippen molar-refractivity contribution in [3.63, 3.8) is 0 Å². The quantitative estimate of drug-likeness (QED) is 0.151.